The molecule has 2 aliphatic heterocycles. The van der Waals surface area contributed by atoms with Crippen molar-refractivity contribution in [2.24, 2.45) is 0 Å². The van der Waals surface area contributed by atoms with Gasteiger partial charge >= 0.3 is 12.2 Å². The first-order valence-electron chi connectivity index (χ1n) is 17.5. The number of aliphatic hydroxyl groups is 1. The van der Waals surface area contributed by atoms with Gasteiger partial charge in [0.2, 0.25) is 0 Å². The van der Waals surface area contributed by atoms with E-state index in [1.807, 2.05) is 86.7 Å². The summed E-state index contributed by atoms with van der Waals surface area (Å²) in [5.41, 5.74) is 2.19. The molecule has 52 heavy (non-hydrogen) atoms. The largest absolute Gasteiger partial charge is 0.438 e. The molecule has 0 saturated carbocycles. The Kier molecular flexibility index (Phi) is 12.8. The Labute approximate surface area is 319 Å². The number of carbonyl (C=O) groups is 2. The summed E-state index contributed by atoms with van der Waals surface area (Å²) in [7, 11) is 0. The summed E-state index contributed by atoms with van der Waals surface area (Å²) in [6.45, 7) is 10.6. The number of nitrogens with zero attached hydrogens (tertiary/aromatic N) is 2. The zero-order valence-electron chi connectivity index (χ0n) is 29.7. The number of carbonyl (C=O) groups excluding carboxylic acids is 2. The molecule has 2 amide bonds. The second-order valence-corrected chi connectivity index (χ2v) is 14.8. The maximum atomic E-state index is 13.3. The van der Waals surface area contributed by atoms with E-state index >= 15 is 0 Å². The van der Waals surface area contributed by atoms with Crippen molar-refractivity contribution in [2.45, 2.75) is 75.8 Å². The molecule has 6 rings (SSSR count). The van der Waals surface area contributed by atoms with E-state index in [9.17, 15) is 19.1 Å². The average molecular weight is 792 g/mol. The Hall–Kier alpha value is -4.18. The highest BCUT2D eigenvalue weighted by Gasteiger charge is 2.45. The van der Waals surface area contributed by atoms with Crippen LogP contribution in [0.4, 0.5) is 14.0 Å². The molecule has 10 heteroatoms. The monoisotopic (exact) mass is 790 g/mol. The SMILES string of the molecule is C=CCC1(c2ccccc2)CCN(C(C)c2ccc(Br)cc2)C(=O)O1.CC(O)CC1(c2ccc(F)cc2)CCN(C(C)c2ccc(Cl)cc2)C(=O)O1. The Bertz CT molecular complexity index is 1810. The molecular formula is C42H45BrClFN2O5. The lowest BCUT2D eigenvalue weighted by atomic mass is 9.84. The van der Waals surface area contributed by atoms with E-state index in [1.54, 1.807) is 41.0 Å². The van der Waals surface area contributed by atoms with Crippen molar-refractivity contribution >= 4 is 39.7 Å². The molecule has 0 bridgehead atoms. The van der Waals surface area contributed by atoms with Crippen LogP contribution in [0, 0.1) is 5.82 Å². The van der Waals surface area contributed by atoms with Gasteiger partial charge in [0.1, 0.15) is 17.0 Å². The Balaban J connectivity index is 0.000000202. The molecule has 1 N–H and O–H groups in total. The van der Waals surface area contributed by atoms with Gasteiger partial charge in [0.05, 0.1) is 18.2 Å². The van der Waals surface area contributed by atoms with Gasteiger partial charge in [-0.3, -0.25) is 0 Å². The summed E-state index contributed by atoms with van der Waals surface area (Å²) in [5.74, 6) is -0.355. The topological polar surface area (TPSA) is 79.3 Å². The third-order valence-electron chi connectivity index (χ3n) is 9.96. The minimum Gasteiger partial charge on any atom is -0.438 e. The molecular weight excluding hydrogens is 747 g/mol. The van der Waals surface area contributed by atoms with E-state index in [1.165, 1.54) is 12.1 Å². The Morgan fingerprint density at radius 2 is 1.27 bits per heavy atom. The van der Waals surface area contributed by atoms with Crippen molar-refractivity contribution in [1.82, 2.24) is 9.80 Å². The number of ether oxygens (including phenoxy) is 2. The third-order valence-corrected chi connectivity index (χ3v) is 10.7. The summed E-state index contributed by atoms with van der Waals surface area (Å²) >= 11 is 9.39. The average Bonchev–Trinajstić information content (AvgIpc) is 3.13. The molecule has 2 heterocycles. The maximum Gasteiger partial charge on any atom is 0.411 e. The van der Waals surface area contributed by atoms with Crippen LogP contribution in [0.1, 0.15) is 80.8 Å². The fourth-order valence-electron chi connectivity index (χ4n) is 7.02. The predicted molar refractivity (Wildman–Crippen MR) is 205 cm³/mol. The van der Waals surface area contributed by atoms with Crippen molar-refractivity contribution < 1.29 is 28.6 Å². The van der Waals surface area contributed by atoms with Crippen LogP contribution in [0.15, 0.2) is 120 Å². The van der Waals surface area contributed by atoms with Crippen LogP contribution in [0.5, 0.6) is 0 Å². The minimum atomic E-state index is -0.963. The second-order valence-electron chi connectivity index (χ2n) is 13.5. The van der Waals surface area contributed by atoms with Gasteiger partial charge in [0, 0.05) is 48.3 Å². The van der Waals surface area contributed by atoms with Gasteiger partial charge in [0.15, 0.2) is 0 Å². The molecule has 2 saturated heterocycles. The van der Waals surface area contributed by atoms with Crippen molar-refractivity contribution in [3.8, 4) is 0 Å². The number of benzene rings is 4. The molecule has 4 aromatic rings. The van der Waals surface area contributed by atoms with Gasteiger partial charge in [0.25, 0.3) is 0 Å². The highest BCUT2D eigenvalue weighted by Crippen LogP contribution is 2.41. The molecule has 7 nitrogen and oxygen atoms in total. The highest BCUT2D eigenvalue weighted by atomic mass is 79.9. The molecule has 2 aliphatic rings. The first-order chi connectivity index (χ1) is 24.9. The molecule has 2 fully saturated rings. The number of hydrogen-bond donors (Lipinski definition) is 1. The Morgan fingerprint density at radius 1 is 0.788 bits per heavy atom. The number of hydrogen-bond acceptors (Lipinski definition) is 5. The number of amides is 2. The number of aliphatic hydroxyl groups excluding tert-OH is 1. The lowest BCUT2D eigenvalue weighted by molar-refractivity contribution is -0.0816. The zero-order valence-corrected chi connectivity index (χ0v) is 32.0. The third kappa shape index (κ3) is 9.06. The smallest absolute Gasteiger partial charge is 0.411 e. The molecule has 0 aromatic heterocycles. The quantitative estimate of drug-likeness (QED) is 0.162. The predicted octanol–water partition coefficient (Wildman–Crippen LogP) is 10.9. The van der Waals surface area contributed by atoms with Crippen LogP contribution in [-0.2, 0) is 20.7 Å². The standard InChI is InChI=1S/C21H22BrNO2.C21H23ClFNO3/c1-3-13-21(18-7-5-4-6-8-18)14-15-23(20(24)25-21)16(2)17-9-11-19(22)12-10-17;1-14(25)13-21(17-5-9-19(23)10-6-17)11-12-24(20(26)27-21)15(2)16-3-7-18(22)8-4-16/h3-12,16H,1,13-15H2,2H3;3-10,14-15,25H,11-13H2,1-2H3. The summed E-state index contributed by atoms with van der Waals surface area (Å²) in [5, 5.41) is 10.6. The van der Waals surface area contributed by atoms with Crippen LogP contribution in [0.2, 0.25) is 5.02 Å². The van der Waals surface area contributed by atoms with Crippen LogP contribution in [0.25, 0.3) is 0 Å². The van der Waals surface area contributed by atoms with E-state index in [2.05, 4.69) is 22.5 Å². The van der Waals surface area contributed by atoms with E-state index in [-0.39, 0.29) is 30.4 Å². The number of halogens is 3. The highest BCUT2D eigenvalue weighted by molar-refractivity contribution is 9.10. The molecule has 5 atom stereocenters. The summed E-state index contributed by atoms with van der Waals surface area (Å²) < 4.78 is 26.2. The van der Waals surface area contributed by atoms with Gasteiger partial charge in [-0.15, -0.1) is 6.58 Å². The van der Waals surface area contributed by atoms with E-state index in [0.717, 1.165) is 27.6 Å². The molecule has 5 unspecified atom stereocenters. The molecule has 274 valence electrons. The first kappa shape index (κ1) is 39.0. The van der Waals surface area contributed by atoms with Crippen molar-refractivity contribution in [2.75, 3.05) is 13.1 Å². The van der Waals surface area contributed by atoms with Gasteiger partial charge < -0.3 is 24.4 Å². The van der Waals surface area contributed by atoms with Crippen LogP contribution >= 0.6 is 27.5 Å². The van der Waals surface area contributed by atoms with Crippen molar-refractivity contribution in [1.29, 1.82) is 0 Å². The van der Waals surface area contributed by atoms with Gasteiger partial charge in [-0.05, 0) is 79.4 Å². The van der Waals surface area contributed by atoms with Gasteiger partial charge in [-0.1, -0.05) is 100 Å². The summed E-state index contributed by atoms with van der Waals surface area (Å²) in [4.78, 5) is 29.1. The lowest BCUT2D eigenvalue weighted by Gasteiger charge is -2.44. The van der Waals surface area contributed by atoms with Crippen LogP contribution < -0.4 is 0 Å². The van der Waals surface area contributed by atoms with Gasteiger partial charge in [-0.25, -0.2) is 14.0 Å². The minimum absolute atomic E-state index is 0.0295. The Morgan fingerprint density at radius 3 is 1.77 bits per heavy atom. The maximum absolute atomic E-state index is 13.3. The van der Waals surface area contributed by atoms with E-state index in [4.69, 9.17) is 21.1 Å². The second kappa shape index (κ2) is 17.1. The number of cyclic esters (lactones) is 2. The first-order valence-corrected chi connectivity index (χ1v) is 18.6. The number of rotatable bonds is 10. The summed E-state index contributed by atoms with van der Waals surface area (Å²) in [6.07, 6.45) is 2.57. The van der Waals surface area contributed by atoms with Crippen LogP contribution in [-0.4, -0.2) is 46.3 Å². The van der Waals surface area contributed by atoms with Gasteiger partial charge in [-0.2, -0.15) is 0 Å². The lowest BCUT2D eigenvalue weighted by Crippen LogP contribution is -2.49. The van der Waals surface area contributed by atoms with Crippen LogP contribution in [0.3, 0.4) is 0 Å². The normalized spacial score (nSPS) is 21.9. The zero-order chi connectivity index (χ0) is 37.5. The molecule has 0 spiro atoms. The van der Waals surface area contributed by atoms with Crippen molar-refractivity contribution in [3.63, 3.8) is 0 Å². The molecule has 0 radical (unpaired) electrons. The van der Waals surface area contributed by atoms with E-state index < -0.39 is 23.4 Å². The fraction of sp³-hybridized carbons (Fsp3) is 0.333. The van der Waals surface area contributed by atoms with Crippen molar-refractivity contribution in [3.05, 3.63) is 153 Å². The summed E-state index contributed by atoms with van der Waals surface area (Å²) in [6, 6.07) is 31.1. The molecule has 4 aromatic carbocycles. The fourth-order valence-corrected chi connectivity index (χ4v) is 7.41. The van der Waals surface area contributed by atoms with E-state index in [0.29, 0.717) is 36.5 Å². The molecule has 0 aliphatic carbocycles.